The topological polar surface area (TPSA) is 67.7 Å². The fourth-order valence-corrected chi connectivity index (χ4v) is 2.85. The third-order valence-electron chi connectivity index (χ3n) is 4.50. The summed E-state index contributed by atoms with van der Waals surface area (Å²) in [7, 11) is 0. The highest BCUT2D eigenvalue weighted by Crippen LogP contribution is 2.27. The molecule has 2 heterocycles. The maximum absolute atomic E-state index is 13.6. The van der Waals surface area contributed by atoms with E-state index < -0.39 is 0 Å². The fourth-order valence-electron chi connectivity index (χ4n) is 2.85. The Morgan fingerprint density at radius 1 is 1.07 bits per heavy atom. The van der Waals surface area contributed by atoms with Crippen LogP contribution >= 0.6 is 0 Å². The molecule has 0 spiro atoms. The van der Waals surface area contributed by atoms with Gasteiger partial charge in [-0.05, 0) is 43.7 Å². The van der Waals surface area contributed by atoms with E-state index in [4.69, 9.17) is 0 Å². The molecule has 0 amide bonds. The van der Waals surface area contributed by atoms with Crippen LogP contribution in [-0.4, -0.2) is 25.8 Å². The number of rotatable bonds is 6. The number of para-hydroxylation sites is 1. The van der Waals surface area contributed by atoms with Crippen LogP contribution in [0.4, 0.5) is 21.8 Å². The first kappa shape index (κ1) is 17.9. The van der Waals surface area contributed by atoms with Gasteiger partial charge in [0.1, 0.15) is 11.6 Å². The number of nitrogens with one attached hydrogen (secondary N) is 2. The van der Waals surface area contributed by atoms with Crippen LogP contribution in [0.3, 0.4) is 0 Å². The normalized spacial score (nSPS) is 12.1. The summed E-state index contributed by atoms with van der Waals surface area (Å²) in [4.78, 5) is 9.30. The van der Waals surface area contributed by atoms with Gasteiger partial charge in [-0.25, -0.2) is 9.07 Å². The predicted molar refractivity (Wildman–Crippen MR) is 110 cm³/mol. The van der Waals surface area contributed by atoms with E-state index in [1.165, 1.54) is 12.1 Å². The minimum Gasteiger partial charge on any atom is -0.352 e. The molecule has 6 nitrogen and oxygen atoms in total. The third kappa shape index (κ3) is 3.64. The van der Waals surface area contributed by atoms with Crippen molar-refractivity contribution >= 4 is 28.5 Å². The lowest BCUT2D eigenvalue weighted by Crippen LogP contribution is -2.16. The summed E-state index contributed by atoms with van der Waals surface area (Å²) >= 11 is 0. The number of anilines is 3. The van der Waals surface area contributed by atoms with Gasteiger partial charge in [-0.1, -0.05) is 31.2 Å². The van der Waals surface area contributed by atoms with Crippen LogP contribution in [0.25, 0.3) is 16.7 Å². The van der Waals surface area contributed by atoms with Gasteiger partial charge in [0.15, 0.2) is 5.65 Å². The molecule has 28 heavy (non-hydrogen) atoms. The second-order valence-corrected chi connectivity index (χ2v) is 6.61. The average Bonchev–Trinajstić information content (AvgIpc) is 3.13. The van der Waals surface area contributed by atoms with Crippen LogP contribution in [0.2, 0.25) is 0 Å². The lowest BCUT2D eigenvalue weighted by atomic mass is 10.2. The second-order valence-electron chi connectivity index (χ2n) is 6.61. The molecule has 0 aliphatic rings. The number of halogens is 1. The van der Waals surface area contributed by atoms with E-state index in [0.717, 1.165) is 17.5 Å². The van der Waals surface area contributed by atoms with Gasteiger partial charge in [-0.15, -0.1) is 0 Å². The Kier molecular flexibility index (Phi) is 4.89. The van der Waals surface area contributed by atoms with Gasteiger partial charge in [-0.2, -0.15) is 15.1 Å². The first-order valence-corrected chi connectivity index (χ1v) is 9.24. The SMILES string of the molecule is CCC(C)Nc1nc(Nc2cccc(F)c2)c2cnn(-c3ccccc3)c2n1. The maximum Gasteiger partial charge on any atom is 0.226 e. The summed E-state index contributed by atoms with van der Waals surface area (Å²) < 4.78 is 15.4. The molecular formula is C21H21FN6. The Balaban J connectivity index is 1.84. The van der Waals surface area contributed by atoms with E-state index in [0.29, 0.717) is 23.1 Å². The Morgan fingerprint density at radius 2 is 1.89 bits per heavy atom. The molecule has 0 fully saturated rings. The molecule has 0 saturated heterocycles. The van der Waals surface area contributed by atoms with Crippen LogP contribution < -0.4 is 10.6 Å². The van der Waals surface area contributed by atoms with Crippen molar-refractivity contribution in [2.24, 2.45) is 0 Å². The Morgan fingerprint density at radius 3 is 2.64 bits per heavy atom. The van der Waals surface area contributed by atoms with Crippen molar-refractivity contribution in [1.29, 1.82) is 0 Å². The van der Waals surface area contributed by atoms with Crippen molar-refractivity contribution in [1.82, 2.24) is 19.7 Å². The third-order valence-corrected chi connectivity index (χ3v) is 4.50. The van der Waals surface area contributed by atoms with Gasteiger partial charge < -0.3 is 10.6 Å². The van der Waals surface area contributed by atoms with Crippen molar-refractivity contribution < 1.29 is 4.39 Å². The van der Waals surface area contributed by atoms with Gasteiger partial charge in [0.05, 0.1) is 17.3 Å². The Hall–Kier alpha value is -3.48. The number of nitrogens with zero attached hydrogens (tertiary/aromatic N) is 4. The van der Waals surface area contributed by atoms with Gasteiger partial charge in [0, 0.05) is 11.7 Å². The van der Waals surface area contributed by atoms with Crippen LogP contribution in [0.1, 0.15) is 20.3 Å². The minimum absolute atomic E-state index is 0.215. The molecule has 0 bridgehead atoms. The van der Waals surface area contributed by atoms with E-state index in [1.807, 2.05) is 30.3 Å². The average molecular weight is 376 g/mol. The molecule has 0 saturated carbocycles. The van der Waals surface area contributed by atoms with Gasteiger partial charge in [0.2, 0.25) is 5.95 Å². The number of hydrogen-bond donors (Lipinski definition) is 2. The van der Waals surface area contributed by atoms with Gasteiger partial charge in [0.25, 0.3) is 0 Å². The molecule has 7 heteroatoms. The van der Waals surface area contributed by atoms with Crippen molar-refractivity contribution in [2.45, 2.75) is 26.3 Å². The molecule has 4 aromatic rings. The monoisotopic (exact) mass is 376 g/mol. The van der Waals surface area contributed by atoms with E-state index in [2.05, 4.69) is 39.5 Å². The van der Waals surface area contributed by atoms with Crippen LogP contribution in [0.5, 0.6) is 0 Å². The predicted octanol–water partition coefficient (Wildman–Crippen LogP) is 4.91. The maximum atomic E-state index is 13.6. The van der Waals surface area contributed by atoms with Crippen LogP contribution in [0, 0.1) is 5.82 Å². The van der Waals surface area contributed by atoms with E-state index >= 15 is 0 Å². The van der Waals surface area contributed by atoms with E-state index in [1.54, 1.807) is 23.0 Å². The van der Waals surface area contributed by atoms with Crippen molar-refractivity contribution in [3.63, 3.8) is 0 Å². The molecule has 4 rings (SSSR count). The molecular weight excluding hydrogens is 355 g/mol. The van der Waals surface area contributed by atoms with Crippen molar-refractivity contribution in [3.8, 4) is 5.69 Å². The highest BCUT2D eigenvalue weighted by Gasteiger charge is 2.15. The molecule has 0 aliphatic carbocycles. The minimum atomic E-state index is -0.312. The number of aromatic nitrogens is 4. The van der Waals surface area contributed by atoms with Crippen LogP contribution in [-0.2, 0) is 0 Å². The standard InChI is InChI=1S/C21H21FN6/c1-3-14(2)24-21-26-19(25-16-9-7-8-15(22)12-16)18-13-23-28(20(18)27-21)17-10-5-4-6-11-17/h4-14H,3H2,1-2H3,(H2,24,25,26,27). The molecule has 0 radical (unpaired) electrons. The first-order chi connectivity index (χ1) is 13.6. The lowest BCUT2D eigenvalue weighted by Gasteiger charge is -2.14. The quantitative estimate of drug-likeness (QED) is 0.500. The number of benzene rings is 2. The summed E-state index contributed by atoms with van der Waals surface area (Å²) in [6, 6.07) is 16.3. The van der Waals surface area contributed by atoms with Gasteiger partial charge in [-0.3, -0.25) is 0 Å². The second kappa shape index (κ2) is 7.64. The summed E-state index contributed by atoms with van der Waals surface area (Å²) in [6.45, 7) is 4.16. The Labute approximate surface area is 162 Å². The first-order valence-electron chi connectivity index (χ1n) is 9.24. The highest BCUT2D eigenvalue weighted by atomic mass is 19.1. The summed E-state index contributed by atoms with van der Waals surface area (Å²) in [5.74, 6) is 0.759. The molecule has 142 valence electrons. The largest absolute Gasteiger partial charge is 0.352 e. The van der Waals surface area contributed by atoms with E-state index in [-0.39, 0.29) is 11.9 Å². The molecule has 2 aromatic carbocycles. The summed E-state index contributed by atoms with van der Waals surface area (Å²) in [5.41, 5.74) is 2.19. The summed E-state index contributed by atoms with van der Waals surface area (Å²) in [5, 5.41) is 11.8. The fraction of sp³-hybridized carbons (Fsp3) is 0.190. The van der Waals surface area contributed by atoms with Crippen LogP contribution in [0.15, 0.2) is 60.8 Å². The smallest absolute Gasteiger partial charge is 0.226 e. The highest BCUT2D eigenvalue weighted by molar-refractivity contribution is 5.90. The summed E-state index contributed by atoms with van der Waals surface area (Å²) in [6.07, 6.45) is 2.66. The number of hydrogen-bond acceptors (Lipinski definition) is 5. The zero-order chi connectivity index (χ0) is 19.5. The molecule has 2 N–H and O–H groups in total. The zero-order valence-electron chi connectivity index (χ0n) is 15.7. The van der Waals surface area contributed by atoms with Gasteiger partial charge >= 0.3 is 0 Å². The number of fused-ring (bicyclic) bond motifs is 1. The molecule has 0 aliphatic heterocycles. The van der Waals surface area contributed by atoms with E-state index in [9.17, 15) is 4.39 Å². The molecule has 1 atom stereocenters. The zero-order valence-corrected chi connectivity index (χ0v) is 15.7. The molecule has 1 unspecified atom stereocenters. The molecule has 2 aromatic heterocycles. The van der Waals surface area contributed by atoms with Crippen molar-refractivity contribution in [3.05, 3.63) is 66.6 Å². The Bertz CT molecular complexity index is 1090. The van der Waals surface area contributed by atoms with Crippen molar-refractivity contribution in [2.75, 3.05) is 10.6 Å². The lowest BCUT2D eigenvalue weighted by molar-refractivity contribution is 0.628.